The van der Waals surface area contributed by atoms with Gasteiger partial charge in [-0.1, -0.05) is 24.0 Å². The van der Waals surface area contributed by atoms with E-state index in [2.05, 4.69) is 22.1 Å². The molecule has 1 unspecified atom stereocenters. The molecule has 1 aliphatic heterocycles. The monoisotopic (exact) mass is 638 g/mol. The number of carbonyl (C=O) groups is 1. The molecular formula is C26H28F6N4O6S. The number of amides is 1. The SMILES string of the molecule is CC(C)(C)OC(=O)Nc1ccc(S(=O)(=O)N2CCN(c3ccc(C(O)(C(F)(F)F)C(F)(F)F)cc3)C(C#CCO)C2)cn1. The number of hydrogen-bond donors (Lipinski definition) is 3. The third-order valence-corrected chi connectivity index (χ3v) is 7.98. The smallest absolute Gasteiger partial charge is 0.430 e. The summed E-state index contributed by atoms with van der Waals surface area (Å²) in [4.78, 5) is 17.1. The van der Waals surface area contributed by atoms with E-state index in [0.29, 0.717) is 12.1 Å². The van der Waals surface area contributed by atoms with Gasteiger partial charge in [0, 0.05) is 37.1 Å². The molecule has 2 heterocycles. The van der Waals surface area contributed by atoms with Crippen LogP contribution in [0.15, 0.2) is 47.5 Å². The number of benzene rings is 1. The average Bonchev–Trinajstić information content (AvgIpc) is 2.89. The van der Waals surface area contributed by atoms with Crippen molar-refractivity contribution in [3.63, 3.8) is 0 Å². The van der Waals surface area contributed by atoms with Crippen molar-refractivity contribution in [2.24, 2.45) is 0 Å². The second kappa shape index (κ2) is 12.2. The number of ether oxygens (including phenoxy) is 1. The molecule has 0 bridgehead atoms. The number of sulfonamides is 1. The molecule has 1 saturated heterocycles. The number of aromatic nitrogens is 1. The second-order valence-corrected chi connectivity index (χ2v) is 12.2. The van der Waals surface area contributed by atoms with Crippen LogP contribution >= 0.6 is 0 Å². The largest absolute Gasteiger partial charge is 0.444 e. The van der Waals surface area contributed by atoms with Crippen LogP contribution in [0, 0.1) is 11.8 Å². The van der Waals surface area contributed by atoms with E-state index in [9.17, 15) is 49.8 Å². The Balaban J connectivity index is 1.83. The van der Waals surface area contributed by atoms with Crippen LogP contribution in [-0.2, 0) is 20.4 Å². The summed E-state index contributed by atoms with van der Waals surface area (Å²) in [5.41, 5.74) is -7.23. The fourth-order valence-corrected chi connectivity index (χ4v) is 5.50. The Morgan fingerprint density at radius 2 is 1.65 bits per heavy atom. The molecule has 3 rings (SSSR count). The first-order valence-corrected chi connectivity index (χ1v) is 13.9. The minimum Gasteiger partial charge on any atom is -0.444 e. The first-order chi connectivity index (χ1) is 19.7. The van der Waals surface area contributed by atoms with Crippen LogP contribution in [0.4, 0.5) is 42.6 Å². The number of alkyl halides is 6. The van der Waals surface area contributed by atoms with Crippen molar-refractivity contribution in [1.29, 1.82) is 0 Å². The lowest BCUT2D eigenvalue weighted by Crippen LogP contribution is -2.55. The fourth-order valence-electron chi connectivity index (χ4n) is 4.12. The molecular weight excluding hydrogens is 610 g/mol. The number of aliphatic hydroxyl groups excluding tert-OH is 1. The van der Waals surface area contributed by atoms with Crippen LogP contribution in [0.25, 0.3) is 0 Å². The van der Waals surface area contributed by atoms with Crippen molar-refractivity contribution < 1.29 is 54.5 Å². The summed E-state index contributed by atoms with van der Waals surface area (Å²) in [5, 5.41) is 21.2. The zero-order chi connectivity index (χ0) is 32.4. The van der Waals surface area contributed by atoms with E-state index in [-0.39, 0.29) is 36.0 Å². The third kappa shape index (κ3) is 7.50. The van der Waals surface area contributed by atoms with E-state index in [0.717, 1.165) is 22.6 Å². The molecule has 10 nitrogen and oxygen atoms in total. The maximum atomic E-state index is 13.3. The number of piperazine rings is 1. The number of anilines is 2. The Kier molecular flexibility index (Phi) is 9.61. The highest BCUT2D eigenvalue weighted by Gasteiger charge is 2.71. The lowest BCUT2D eigenvalue weighted by molar-refractivity contribution is -0.376. The molecule has 1 amide bonds. The van der Waals surface area contributed by atoms with Gasteiger partial charge in [-0.05, 0) is 45.0 Å². The maximum absolute atomic E-state index is 13.3. The average molecular weight is 639 g/mol. The molecule has 236 valence electrons. The first-order valence-electron chi connectivity index (χ1n) is 12.5. The Hall–Kier alpha value is -3.59. The summed E-state index contributed by atoms with van der Waals surface area (Å²) < 4.78 is 112. The topological polar surface area (TPSA) is 132 Å². The van der Waals surface area contributed by atoms with Crippen LogP contribution in [0.2, 0.25) is 0 Å². The number of carbonyl (C=O) groups excluding carboxylic acids is 1. The predicted molar refractivity (Wildman–Crippen MR) is 141 cm³/mol. The Bertz CT molecular complexity index is 1450. The molecule has 43 heavy (non-hydrogen) atoms. The van der Waals surface area contributed by atoms with Crippen molar-refractivity contribution in [3.05, 3.63) is 48.2 Å². The number of hydrogen-bond acceptors (Lipinski definition) is 8. The van der Waals surface area contributed by atoms with Gasteiger partial charge >= 0.3 is 18.4 Å². The van der Waals surface area contributed by atoms with Crippen molar-refractivity contribution in [3.8, 4) is 11.8 Å². The van der Waals surface area contributed by atoms with Crippen LogP contribution in [0.5, 0.6) is 0 Å². The maximum Gasteiger partial charge on any atom is 0.430 e. The van der Waals surface area contributed by atoms with Gasteiger partial charge in [-0.2, -0.15) is 30.6 Å². The first kappa shape index (κ1) is 33.9. The molecule has 1 aromatic heterocycles. The number of halogens is 6. The molecule has 17 heteroatoms. The molecule has 1 fully saturated rings. The van der Waals surface area contributed by atoms with Crippen molar-refractivity contribution >= 4 is 27.6 Å². The number of nitrogens with zero attached hydrogens (tertiary/aromatic N) is 3. The second-order valence-electron chi connectivity index (χ2n) is 10.3. The van der Waals surface area contributed by atoms with E-state index in [1.54, 1.807) is 20.8 Å². The van der Waals surface area contributed by atoms with Crippen molar-refractivity contribution in [2.75, 3.05) is 36.5 Å². The minimum atomic E-state index is -6.05. The normalized spacial score (nSPS) is 17.2. The summed E-state index contributed by atoms with van der Waals surface area (Å²) in [7, 11) is -4.17. The summed E-state index contributed by atoms with van der Waals surface area (Å²) >= 11 is 0. The standard InChI is InChI=1S/C26H28F6N4O6S/c1-23(2,3)42-22(38)34-21-11-10-20(15-33-21)43(40,41)35-12-13-36(19(16-35)5-4-14-37)18-8-6-17(7-9-18)24(39,25(27,28)29)26(30,31)32/h6-11,15,19,37,39H,12-14,16H2,1-3H3,(H,33,34,38). The number of pyridine rings is 1. The Morgan fingerprint density at radius 1 is 1.05 bits per heavy atom. The van der Waals surface area contributed by atoms with Crippen LogP contribution in [0.1, 0.15) is 26.3 Å². The molecule has 0 aliphatic carbocycles. The number of rotatable bonds is 5. The van der Waals surface area contributed by atoms with Gasteiger partial charge in [0.2, 0.25) is 10.0 Å². The van der Waals surface area contributed by atoms with Gasteiger partial charge < -0.3 is 19.8 Å². The van der Waals surface area contributed by atoms with Crippen molar-refractivity contribution in [1.82, 2.24) is 9.29 Å². The van der Waals surface area contributed by atoms with E-state index in [1.165, 1.54) is 17.0 Å². The van der Waals surface area contributed by atoms with E-state index in [1.807, 2.05) is 0 Å². The quantitative estimate of drug-likeness (QED) is 0.335. The zero-order valence-corrected chi connectivity index (χ0v) is 23.8. The molecule has 0 radical (unpaired) electrons. The van der Waals surface area contributed by atoms with Crippen LogP contribution in [0.3, 0.4) is 0 Å². The minimum absolute atomic E-state index is 0.0242. The Morgan fingerprint density at radius 3 is 2.14 bits per heavy atom. The lowest BCUT2D eigenvalue weighted by Gasteiger charge is -2.40. The van der Waals surface area contributed by atoms with Gasteiger partial charge in [-0.3, -0.25) is 5.32 Å². The lowest BCUT2D eigenvalue weighted by atomic mass is 9.92. The van der Waals surface area contributed by atoms with Gasteiger partial charge in [0.15, 0.2) is 0 Å². The van der Waals surface area contributed by atoms with Gasteiger partial charge in [-0.15, -0.1) is 0 Å². The zero-order valence-electron chi connectivity index (χ0n) is 23.0. The number of aliphatic hydroxyl groups is 2. The highest BCUT2D eigenvalue weighted by Crippen LogP contribution is 2.50. The molecule has 1 aliphatic rings. The third-order valence-electron chi connectivity index (χ3n) is 6.13. The Labute approximate surface area is 243 Å². The van der Waals surface area contributed by atoms with Crippen LogP contribution in [-0.4, -0.2) is 84.2 Å². The summed E-state index contributed by atoms with van der Waals surface area (Å²) in [6.45, 7) is 3.84. The van der Waals surface area contributed by atoms with Crippen LogP contribution < -0.4 is 10.2 Å². The van der Waals surface area contributed by atoms with E-state index < -0.39 is 57.9 Å². The molecule has 1 atom stereocenters. The van der Waals surface area contributed by atoms with E-state index in [4.69, 9.17) is 4.74 Å². The highest BCUT2D eigenvalue weighted by molar-refractivity contribution is 7.89. The summed E-state index contributed by atoms with van der Waals surface area (Å²) in [6, 6.07) is 4.30. The fraction of sp³-hybridized carbons (Fsp3) is 0.462. The van der Waals surface area contributed by atoms with Gasteiger partial charge in [-0.25, -0.2) is 18.2 Å². The molecule has 2 aromatic rings. The summed E-state index contributed by atoms with van der Waals surface area (Å²) in [5.74, 6) is 5.06. The molecule has 0 spiro atoms. The van der Waals surface area contributed by atoms with Gasteiger partial charge in [0.1, 0.15) is 29.0 Å². The highest BCUT2D eigenvalue weighted by atomic mass is 32.2. The van der Waals surface area contributed by atoms with Gasteiger partial charge in [0.05, 0.1) is 0 Å². The molecule has 1 aromatic carbocycles. The molecule has 3 N–H and O–H groups in total. The predicted octanol–water partition coefficient (Wildman–Crippen LogP) is 3.62. The summed E-state index contributed by atoms with van der Waals surface area (Å²) in [6.07, 6.45) is -11.9. The molecule has 0 saturated carbocycles. The van der Waals surface area contributed by atoms with Crippen molar-refractivity contribution in [2.45, 2.75) is 55.3 Å². The van der Waals surface area contributed by atoms with Gasteiger partial charge in [0.25, 0.3) is 5.60 Å². The number of nitrogens with one attached hydrogen (secondary N) is 1. The van der Waals surface area contributed by atoms with E-state index >= 15 is 0 Å².